The lowest BCUT2D eigenvalue weighted by Gasteiger charge is -2.11. The average molecular weight is 221 g/mol. The number of aromatic nitrogens is 2. The van der Waals surface area contributed by atoms with Crippen LogP contribution in [0.3, 0.4) is 0 Å². The Morgan fingerprint density at radius 2 is 2.19 bits per heavy atom. The van der Waals surface area contributed by atoms with Crippen molar-refractivity contribution in [3.05, 3.63) is 17.5 Å². The highest BCUT2D eigenvalue weighted by Crippen LogP contribution is 2.35. The van der Waals surface area contributed by atoms with E-state index in [1.165, 1.54) is 43.4 Å². The summed E-state index contributed by atoms with van der Waals surface area (Å²) in [5.74, 6) is 0.790. The van der Waals surface area contributed by atoms with Crippen LogP contribution in [0.5, 0.6) is 0 Å². The molecule has 0 aliphatic heterocycles. The van der Waals surface area contributed by atoms with E-state index in [4.69, 9.17) is 0 Å². The summed E-state index contributed by atoms with van der Waals surface area (Å²) in [6.45, 7) is 1.09. The topological polar surface area (TPSA) is 29.9 Å². The van der Waals surface area contributed by atoms with Crippen LogP contribution < -0.4 is 5.32 Å². The number of aryl methyl sites for hydroxylation is 1. The molecular weight excluding hydrogens is 198 g/mol. The van der Waals surface area contributed by atoms with Gasteiger partial charge in [-0.2, -0.15) is 5.10 Å². The zero-order valence-electron chi connectivity index (χ0n) is 10.5. The fourth-order valence-electron chi connectivity index (χ4n) is 2.80. The van der Waals surface area contributed by atoms with Crippen molar-refractivity contribution < 1.29 is 0 Å². The molecule has 1 N–H and O–H groups in total. The summed E-state index contributed by atoms with van der Waals surface area (Å²) in [6, 6.07) is 0. The highest BCUT2D eigenvalue weighted by Gasteiger charge is 2.21. The molecule has 90 valence electrons. The Morgan fingerprint density at radius 3 is 2.88 bits per heavy atom. The van der Waals surface area contributed by atoms with Crippen LogP contribution in [0.15, 0.2) is 6.20 Å². The Morgan fingerprint density at radius 1 is 1.44 bits per heavy atom. The highest BCUT2D eigenvalue weighted by molar-refractivity contribution is 5.23. The summed E-state index contributed by atoms with van der Waals surface area (Å²) < 4.78 is 2.07. The maximum atomic E-state index is 4.44. The third-order valence-electron chi connectivity index (χ3n) is 3.73. The molecule has 0 radical (unpaired) electrons. The molecule has 0 bridgehead atoms. The van der Waals surface area contributed by atoms with E-state index in [1.807, 2.05) is 7.05 Å². The number of nitrogens with zero attached hydrogens (tertiary/aromatic N) is 2. The first kappa shape index (κ1) is 11.6. The summed E-state index contributed by atoms with van der Waals surface area (Å²) in [4.78, 5) is 0. The smallest absolute Gasteiger partial charge is 0.0527 e. The van der Waals surface area contributed by atoms with Crippen LogP contribution in [0.4, 0.5) is 0 Å². The summed E-state index contributed by atoms with van der Waals surface area (Å²) in [5, 5.41) is 7.65. The number of rotatable bonds is 5. The van der Waals surface area contributed by atoms with Gasteiger partial charge in [-0.15, -0.1) is 0 Å². The zero-order chi connectivity index (χ0) is 11.4. The molecule has 1 aromatic rings. The van der Waals surface area contributed by atoms with Crippen molar-refractivity contribution in [1.82, 2.24) is 15.1 Å². The molecule has 0 saturated heterocycles. The van der Waals surface area contributed by atoms with E-state index >= 15 is 0 Å². The van der Waals surface area contributed by atoms with Gasteiger partial charge in [-0.1, -0.05) is 12.8 Å². The Bertz CT molecular complexity index is 324. The number of hydrogen-bond donors (Lipinski definition) is 1. The molecule has 2 rings (SSSR count). The molecule has 0 atom stereocenters. The molecule has 1 aliphatic rings. The monoisotopic (exact) mass is 221 g/mol. The second kappa shape index (κ2) is 5.48. The first-order valence-corrected chi connectivity index (χ1v) is 6.48. The summed E-state index contributed by atoms with van der Waals surface area (Å²) in [6.07, 6.45) is 9.99. The molecule has 3 nitrogen and oxygen atoms in total. The van der Waals surface area contributed by atoms with Crippen molar-refractivity contribution in [2.75, 3.05) is 13.6 Å². The molecule has 1 saturated carbocycles. The minimum Gasteiger partial charge on any atom is -0.320 e. The van der Waals surface area contributed by atoms with Crippen LogP contribution in [-0.4, -0.2) is 23.4 Å². The zero-order valence-corrected chi connectivity index (χ0v) is 10.5. The van der Waals surface area contributed by atoms with E-state index in [1.54, 1.807) is 0 Å². The highest BCUT2D eigenvalue weighted by atomic mass is 15.3. The van der Waals surface area contributed by atoms with Crippen LogP contribution in [-0.2, 0) is 13.5 Å². The van der Waals surface area contributed by atoms with Gasteiger partial charge in [0.2, 0.25) is 0 Å². The Kier molecular flexibility index (Phi) is 3.99. The van der Waals surface area contributed by atoms with E-state index in [0.29, 0.717) is 0 Å². The van der Waals surface area contributed by atoms with Gasteiger partial charge in [0, 0.05) is 12.7 Å². The first-order valence-electron chi connectivity index (χ1n) is 6.48. The van der Waals surface area contributed by atoms with Crippen molar-refractivity contribution >= 4 is 0 Å². The minimum atomic E-state index is 0.790. The number of nitrogens with one attached hydrogen (secondary N) is 1. The van der Waals surface area contributed by atoms with Gasteiger partial charge in [0.05, 0.1) is 6.20 Å². The molecule has 0 amide bonds. The van der Waals surface area contributed by atoms with Gasteiger partial charge < -0.3 is 5.32 Å². The molecular formula is C13H23N3. The number of hydrogen-bond acceptors (Lipinski definition) is 2. The third kappa shape index (κ3) is 2.46. The van der Waals surface area contributed by atoms with Crippen LogP contribution in [0.1, 0.15) is 49.3 Å². The molecule has 3 heteroatoms. The maximum Gasteiger partial charge on any atom is 0.0527 e. The van der Waals surface area contributed by atoms with Gasteiger partial charge in [-0.25, -0.2) is 0 Å². The SMILES string of the molecule is CNCCCc1c(C2CCCC2)cnn1C. The Hall–Kier alpha value is -0.830. The Labute approximate surface area is 98.2 Å². The van der Waals surface area contributed by atoms with Crippen LogP contribution in [0, 0.1) is 0 Å². The average Bonchev–Trinajstić information content (AvgIpc) is 2.89. The predicted octanol–water partition coefficient (Wildman–Crippen LogP) is 2.23. The quantitative estimate of drug-likeness (QED) is 0.773. The lowest BCUT2D eigenvalue weighted by atomic mass is 9.96. The summed E-state index contributed by atoms with van der Waals surface area (Å²) >= 11 is 0. The lowest BCUT2D eigenvalue weighted by molar-refractivity contribution is 0.641. The third-order valence-corrected chi connectivity index (χ3v) is 3.73. The van der Waals surface area contributed by atoms with Gasteiger partial charge in [-0.3, -0.25) is 4.68 Å². The lowest BCUT2D eigenvalue weighted by Crippen LogP contribution is -2.11. The van der Waals surface area contributed by atoms with Gasteiger partial charge >= 0.3 is 0 Å². The van der Waals surface area contributed by atoms with Crippen molar-refractivity contribution in [1.29, 1.82) is 0 Å². The minimum absolute atomic E-state index is 0.790. The predicted molar refractivity (Wildman–Crippen MR) is 66.7 cm³/mol. The van der Waals surface area contributed by atoms with Gasteiger partial charge in [-0.05, 0) is 50.8 Å². The van der Waals surface area contributed by atoms with E-state index in [9.17, 15) is 0 Å². The normalized spacial score (nSPS) is 17.1. The maximum absolute atomic E-state index is 4.44. The summed E-state index contributed by atoms with van der Waals surface area (Å²) in [7, 11) is 4.09. The second-order valence-corrected chi connectivity index (χ2v) is 4.86. The van der Waals surface area contributed by atoms with Crippen molar-refractivity contribution in [3.63, 3.8) is 0 Å². The van der Waals surface area contributed by atoms with Crippen LogP contribution in [0.2, 0.25) is 0 Å². The van der Waals surface area contributed by atoms with E-state index in [2.05, 4.69) is 28.3 Å². The fourth-order valence-corrected chi connectivity index (χ4v) is 2.80. The molecule has 1 aliphatic carbocycles. The fraction of sp³-hybridized carbons (Fsp3) is 0.769. The molecule has 0 aromatic carbocycles. The van der Waals surface area contributed by atoms with E-state index in [-0.39, 0.29) is 0 Å². The molecule has 1 heterocycles. The van der Waals surface area contributed by atoms with Crippen LogP contribution >= 0.6 is 0 Å². The van der Waals surface area contributed by atoms with Gasteiger partial charge in [0.25, 0.3) is 0 Å². The van der Waals surface area contributed by atoms with Gasteiger partial charge in [0.15, 0.2) is 0 Å². The second-order valence-electron chi connectivity index (χ2n) is 4.86. The van der Waals surface area contributed by atoms with Gasteiger partial charge in [0.1, 0.15) is 0 Å². The Balaban J connectivity index is 2.05. The first-order chi connectivity index (χ1) is 7.83. The molecule has 16 heavy (non-hydrogen) atoms. The molecule has 0 spiro atoms. The van der Waals surface area contributed by atoms with Crippen molar-refractivity contribution in [3.8, 4) is 0 Å². The summed E-state index contributed by atoms with van der Waals surface area (Å²) in [5.41, 5.74) is 2.98. The molecule has 1 fully saturated rings. The van der Waals surface area contributed by atoms with E-state index in [0.717, 1.165) is 18.9 Å². The molecule has 0 unspecified atom stereocenters. The van der Waals surface area contributed by atoms with Crippen LogP contribution in [0.25, 0.3) is 0 Å². The van der Waals surface area contributed by atoms with E-state index < -0.39 is 0 Å². The van der Waals surface area contributed by atoms with Crippen molar-refractivity contribution in [2.24, 2.45) is 7.05 Å². The largest absolute Gasteiger partial charge is 0.320 e. The molecule has 1 aromatic heterocycles. The standard InChI is InChI=1S/C13H23N3/c1-14-9-5-8-13-12(10-15-16(13)2)11-6-3-4-7-11/h10-11,14H,3-9H2,1-2H3. The van der Waals surface area contributed by atoms with Crippen molar-refractivity contribution in [2.45, 2.75) is 44.4 Å².